The SMILES string of the molecule is O=C1C(=O)N(Cc2ccncc2)C(c2ccc(O)cc2)/C1=C(\O)c1ccc(F)cc1. The van der Waals surface area contributed by atoms with Crippen molar-refractivity contribution >= 4 is 17.4 Å². The lowest BCUT2D eigenvalue weighted by molar-refractivity contribution is -0.140. The first-order chi connectivity index (χ1) is 14.5. The second-order valence-corrected chi connectivity index (χ2v) is 6.88. The highest BCUT2D eigenvalue weighted by Gasteiger charge is 2.46. The maximum atomic E-state index is 13.3. The van der Waals surface area contributed by atoms with Crippen molar-refractivity contribution in [2.45, 2.75) is 12.6 Å². The average molecular weight is 404 g/mol. The Kier molecular flexibility index (Phi) is 5.02. The molecule has 30 heavy (non-hydrogen) atoms. The van der Waals surface area contributed by atoms with Gasteiger partial charge in [0.2, 0.25) is 0 Å². The lowest BCUT2D eigenvalue weighted by Crippen LogP contribution is -2.29. The number of hydrogen-bond acceptors (Lipinski definition) is 5. The molecule has 1 atom stereocenters. The van der Waals surface area contributed by atoms with Crippen molar-refractivity contribution in [1.82, 2.24) is 9.88 Å². The molecule has 1 amide bonds. The molecule has 1 saturated heterocycles. The summed E-state index contributed by atoms with van der Waals surface area (Å²) in [5.41, 5.74) is 1.44. The zero-order valence-electron chi connectivity index (χ0n) is 15.7. The molecule has 2 heterocycles. The topological polar surface area (TPSA) is 90.7 Å². The number of nitrogens with zero attached hydrogens (tertiary/aromatic N) is 2. The molecule has 1 unspecified atom stereocenters. The minimum atomic E-state index is -0.871. The molecule has 0 saturated carbocycles. The minimum absolute atomic E-state index is 0.0309. The Morgan fingerprint density at radius 1 is 0.967 bits per heavy atom. The first kappa shape index (κ1) is 19.3. The van der Waals surface area contributed by atoms with E-state index in [9.17, 15) is 24.2 Å². The standard InChI is InChI=1S/C23H17FN2O4/c24-17-5-1-16(2-6-17)21(28)19-20(15-3-7-18(27)8-4-15)26(23(30)22(19)29)13-14-9-11-25-12-10-14/h1-12,20,27-28H,13H2/b21-19+. The Hall–Kier alpha value is -4.00. The van der Waals surface area contributed by atoms with Gasteiger partial charge in [-0.05, 0) is 59.7 Å². The number of halogens is 1. The van der Waals surface area contributed by atoms with Crippen LogP contribution in [0.1, 0.15) is 22.7 Å². The van der Waals surface area contributed by atoms with E-state index in [1.165, 1.54) is 29.2 Å². The van der Waals surface area contributed by atoms with Crippen LogP contribution in [-0.4, -0.2) is 31.8 Å². The number of phenolic OH excluding ortho intramolecular Hbond substituents is 1. The molecule has 1 aromatic heterocycles. The molecular formula is C23H17FN2O4. The van der Waals surface area contributed by atoms with Crippen LogP contribution in [0.3, 0.4) is 0 Å². The number of aromatic hydroxyl groups is 1. The number of carbonyl (C=O) groups excluding carboxylic acids is 2. The van der Waals surface area contributed by atoms with E-state index in [0.29, 0.717) is 5.56 Å². The van der Waals surface area contributed by atoms with Gasteiger partial charge in [0.1, 0.15) is 17.3 Å². The molecule has 0 aliphatic carbocycles. The molecule has 6 nitrogen and oxygen atoms in total. The molecule has 1 fully saturated rings. The molecule has 0 bridgehead atoms. The van der Waals surface area contributed by atoms with Crippen molar-refractivity contribution in [2.75, 3.05) is 0 Å². The normalized spacial score (nSPS) is 18.0. The number of benzene rings is 2. The summed E-state index contributed by atoms with van der Waals surface area (Å²) in [7, 11) is 0. The van der Waals surface area contributed by atoms with Gasteiger partial charge in [0.15, 0.2) is 0 Å². The number of carbonyl (C=O) groups is 2. The molecule has 1 aliphatic rings. The van der Waals surface area contributed by atoms with Gasteiger partial charge in [0.05, 0.1) is 11.6 Å². The molecule has 4 rings (SSSR count). The number of aromatic nitrogens is 1. The molecule has 0 spiro atoms. The van der Waals surface area contributed by atoms with E-state index < -0.39 is 23.5 Å². The number of pyridine rings is 1. The Morgan fingerprint density at radius 3 is 2.23 bits per heavy atom. The number of phenols is 1. The molecule has 0 radical (unpaired) electrons. The predicted octanol–water partition coefficient (Wildman–Crippen LogP) is 3.55. The molecule has 2 aromatic carbocycles. The van der Waals surface area contributed by atoms with Gasteiger partial charge in [0, 0.05) is 24.5 Å². The average Bonchev–Trinajstić information content (AvgIpc) is 3.00. The number of rotatable bonds is 4. The fourth-order valence-electron chi connectivity index (χ4n) is 3.49. The van der Waals surface area contributed by atoms with Crippen LogP contribution in [0.5, 0.6) is 5.75 Å². The lowest BCUT2D eigenvalue weighted by Gasteiger charge is -2.25. The van der Waals surface area contributed by atoms with Crippen molar-refractivity contribution in [3.05, 3.63) is 101 Å². The fraction of sp³-hybridized carbons (Fsp3) is 0.0870. The Morgan fingerprint density at radius 2 is 1.60 bits per heavy atom. The predicted molar refractivity (Wildman–Crippen MR) is 107 cm³/mol. The monoisotopic (exact) mass is 404 g/mol. The van der Waals surface area contributed by atoms with Crippen LogP contribution < -0.4 is 0 Å². The third-order valence-corrected chi connectivity index (χ3v) is 4.97. The number of hydrogen-bond donors (Lipinski definition) is 2. The molecule has 7 heteroatoms. The summed E-state index contributed by atoms with van der Waals surface area (Å²) in [5.74, 6) is -2.43. The summed E-state index contributed by atoms with van der Waals surface area (Å²) in [4.78, 5) is 31.1. The van der Waals surface area contributed by atoms with Crippen LogP contribution in [0.25, 0.3) is 5.76 Å². The number of aliphatic hydroxyl groups excluding tert-OH is 1. The van der Waals surface area contributed by atoms with Crippen molar-refractivity contribution < 1.29 is 24.2 Å². The zero-order valence-corrected chi connectivity index (χ0v) is 15.7. The van der Waals surface area contributed by atoms with Gasteiger partial charge in [0.25, 0.3) is 11.7 Å². The minimum Gasteiger partial charge on any atom is -0.508 e. The van der Waals surface area contributed by atoms with Gasteiger partial charge < -0.3 is 15.1 Å². The molecule has 3 aromatic rings. The third-order valence-electron chi connectivity index (χ3n) is 4.97. The lowest BCUT2D eigenvalue weighted by atomic mass is 9.95. The van der Waals surface area contributed by atoms with Crippen LogP contribution in [0, 0.1) is 5.82 Å². The maximum Gasteiger partial charge on any atom is 0.295 e. The van der Waals surface area contributed by atoms with Gasteiger partial charge in [-0.15, -0.1) is 0 Å². The summed E-state index contributed by atoms with van der Waals surface area (Å²) >= 11 is 0. The Balaban J connectivity index is 1.85. The Labute approximate surface area is 171 Å². The highest BCUT2D eigenvalue weighted by atomic mass is 19.1. The van der Waals surface area contributed by atoms with Crippen molar-refractivity contribution in [3.63, 3.8) is 0 Å². The summed E-state index contributed by atoms with van der Waals surface area (Å²) in [6.45, 7) is 0.124. The summed E-state index contributed by atoms with van der Waals surface area (Å²) < 4.78 is 13.3. The third kappa shape index (κ3) is 3.53. The second kappa shape index (κ2) is 7.79. The van der Waals surface area contributed by atoms with Crippen LogP contribution in [-0.2, 0) is 16.1 Å². The van der Waals surface area contributed by atoms with Crippen molar-refractivity contribution in [1.29, 1.82) is 0 Å². The van der Waals surface area contributed by atoms with Crippen molar-refractivity contribution in [3.8, 4) is 5.75 Å². The van der Waals surface area contributed by atoms with E-state index in [-0.39, 0.29) is 29.2 Å². The second-order valence-electron chi connectivity index (χ2n) is 6.88. The highest BCUT2D eigenvalue weighted by Crippen LogP contribution is 2.40. The number of ketones is 1. The first-order valence-corrected chi connectivity index (χ1v) is 9.18. The van der Waals surface area contributed by atoms with Crippen LogP contribution >= 0.6 is 0 Å². The van der Waals surface area contributed by atoms with E-state index in [1.807, 2.05) is 0 Å². The fourth-order valence-corrected chi connectivity index (χ4v) is 3.49. The molecule has 2 N–H and O–H groups in total. The largest absolute Gasteiger partial charge is 0.508 e. The molecular weight excluding hydrogens is 387 g/mol. The highest BCUT2D eigenvalue weighted by molar-refractivity contribution is 6.46. The quantitative estimate of drug-likeness (QED) is 0.394. The number of likely N-dealkylation sites (tertiary alicyclic amines) is 1. The van der Waals surface area contributed by atoms with E-state index in [0.717, 1.165) is 17.7 Å². The van der Waals surface area contributed by atoms with Crippen molar-refractivity contribution in [2.24, 2.45) is 0 Å². The van der Waals surface area contributed by atoms with E-state index in [4.69, 9.17) is 0 Å². The van der Waals surface area contributed by atoms with E-state index in [2.05, 4.69) is 4.98 Å². The van der Waals surface area contributed by atoms with Crippen LogP contribution in [0.4, 0.5) is 4.39 Å². The van der Waals surface area contributed by atoms with Gasteiger partial charge in [-0.2, -0.15) is 0 Å². The number of amides is 1. The smallest absolute Gasteiger partial charge is 0.295 e. The van der Waals surface area contributed by atoms with E-state index >= 15 is 0 Å². The first-order valence-electron chi connectivity index (χ1n) is 9.18. The number of aliphatic hydroxyl groups is 1. The van der Waals surface area contributed by atoms with Gasteiger partial charge in [-0.25, -0.2) is 4.39 Å². The maximum absolute atomic E-state index is 13.3. The van der Waals surface area contributed by atoms with Crippen LogP contribution in [0.2, 0.25) is 0 Å². The zero-order chi connectivity index (χ0) is 21.3. The van der Waals surface area contributed by atoms with Crippen LogP contribution in [0.15, 0.2) is 78.6 Å². The summed E-state index contributed by atoms with van der Waals surface area (Å²) in [6, 6.07) is 13.7. The summed E-state index contributed by atoms with van der Waals surface area (Å²) in [5, 5.41) is 20.5. The van der Waals surface area contributed by atoms with Gasteiger partial charge in [-0.1, -0.05) is 12.1 Å². The Bertz CT molecular complexity index is 1130. The molecule has 150 valence electrons. The van der Waals surface area contributed by atoms with E-state index in [1.54, 1.807) is 36.7 Å². The number of Topliss-reactive ketones (excluding diaryl/α,β-unsaturated/α-hetero) is 1. The summed E-state index contributed by atoms with van der Waals surface area (Å²) in [6.07, 6.45) is 3.17. The molecule has 1 aliphatic heterocycles. The van der Waals surface area contributed by atoms with Gasteiger partial charge in [-0.3, -0.25) is 14.6 Å². The van der Waals surface area contributed by atoms with Gasteiger partial charge >= 0.3 is 0 Å².